The molecule has 0 aromatic heterocycles. The van der Waals surface area contributed by atoms with Crippen molar-refractivity contribution in [2.24, 2.45) is 0 Å². The van der Waals surface area contributed by atoms with Crippen LogP contribution in [0.4, 0.5) is 8.78 Å². The molecule has 0 unspecified atom stereocenters. The molecule has 1 aliphatic carbocycles. The lowest BCUT2D eigenvalue weighted by atomic mass is 9.94. The summed E-state index contributed by atoms with van der Waals surface area (Å²) in [6, 6.07) is 8.68. The molecule has 0 heterocycles. The molecule has 0 spiro atoms. The molecule has 2 nitrogen and oxygen atoms in total. The minimum absolute atomic E-state index is 0.0544. The first kappa shape index (κ1) is 13.0. The lowest BCUT2D eigenvalue weighted by Gasteiger charge is -2.18. The van der Waals surface area contributed by atoms with E-state index in [0.29, 0.717) is 5.39 Å². The van der Waals surface area contributed by atoms with Gasteiger partial charge in [0.1, 0.15) is 0 Å². The van der Waals surface area contributed by atoms with E-state index in [1.165, 1.54) is 6.07 Å². The van der Waals surface area contributed by atoms with Crippen LogP contribution in [0.25, 0.3) is 10.8 Å². The van der Waals surface area contributed by atoms with E-state index < -0.39 is 24.7 Å². The third kappa shape index (κ3) is 2.05. The lowest BCUT2D eigenvalue weighted by Crippen LogP contribution is -2.16. The van der Waals surface area contributed by atoms with E-state index in [2.05, 4.69) is 0 Å². The number of aryl methyl sites for hydroxylation is 2. The molecular weight excluding hydrogens is 262 g/mol. The van der Waals surface area contributed by atoms with Crippen molar-refractivity contribution in [1.82, 2.24) is 0 Å². The van der Waals surface area contributed by atoms with Crippen LogP contribution in [0.3, 0.4) is 0 Å². The van der Waals surface area contributed by atoms with Crippen molar-refractivity contribution in [2.45, 2.75) is 31.6 Å². The van der Waals surface area contributed by atoms with Crippen LogP contribution in [-0.4, -0.2) is 11.1 Å². The highest BCUT2D eigenvalue weighted by Gasteiger charge is 2.34. The number of carbonyl (C=O) groups is 1. The first-order valence-electron chi connectivity index (χ1n) is 6.62. The number of alkyl halides is 2. The number of hydrogen-bond donors (Lipinski definition) is 1. The van der Waals surface area contributed by atoms with Crippen LogP contribution in [0.2, 0.25) is 0 Å². The second-order valence-corrected chi connectivity index (χ2v) is 5.21. The van der Waals surface area contributed by atoms with Crippen molar-refractivity contribution in [3.8, 4) is 0 Å². The predicted octanol–water partition coefficient (Wildman–Crippen LogP) is 3.90. The van der Waals surface area contributed by atoms with Gasteiger partial charge in [-0.3, -0.25) is 4.79 Å². The molecule has 0 amide bonds. The maximum absolute atomic E-state index is 14.3. The molecule has 0 atom stereocenters. The molecule has 104 valence electrons. The number of rotatable bonds is 4. The van der Waals surface area contributed by atoms with E-state index in [4.69, 9.17) is 5.11 Å². The van der Waals surface area contributed by atoms with Crippen LogP contribution in [0, 0.1) is 0 Å². The smallest absolute Gasteiger partial charge is 0.303 e. The van der Waals surface area contributed by atoms with Gasteiger partial charge < -0.3 is 5.11 Å². The molecule has 0 bridgehead atoms. The van der Waals surface area contributed by atoms with Crippen molar-refractivity contribution < 1.29 is 18.7 Å². The van der Waals surface area contributed by atoms with Crippen LogP contribution in [-0.2, 0) is 23.6 Å². The predicted molar refractivity (Wildman–Crippen MR) is 72.1 cm³/mol. The summed E-state index contributed by atoms with van der Waals surface area (Å²) in [5.41, 5.74) is 2.16. The largest absolute Gasteiger partial charge is 0.481 e. The van der Waals surface area contributed by atoms with Gasteiger partial charge in [0.15, 0.2) is 0 Å². The maximum atomic E-state index is 14.3. The van der Waals surface area contributed by atoms with Crippen molar-refractivity contribution in [2.75, 3.05) is 0 Å². The lowest BCUT2D eigenvalue weighted by molar-refractivity contribution is -0.139. The fourth-order valence-corrected chi connectivity index (χ4v) is 2.96. The molecule has 4 heteroatoms. The number of hydrogen-bond acceptors (Lipinski definition) is 1. The molecule has 0 aliphatic heterocycles. The maximum Gasteiger partial charge on any atom is 0.303 e. The molecule has 0 saturated carbocycles. The Bertz CT molecular complexity index is 682. The Morgan fingerprint density at radius 3 is 2.55 bits per heavy atom. The average Bonchev–Trinajstić information content (AvgIpc) is 2.82. The fraction of sp³-hybridized carbons (Fsp3) is 0.312. The zero-order valence-electron chi connectivity index (χ0n) is 10.8. The Balaban J connectivity index is 2.11. The van der Waals surface area contributed by atoms with Crippen molar-refractivity contribution in [3.63, 3.8) is 0 Å². The zero-order chi connectivity index (χ0) is 14.3. The minimum Gasteiger partial charge on any atom is -0.481 e. The number of carboxylic acids is 1. The Kier molecular flexibility index (Phi) is 2.96. The molecule has 1 N–H and O–H groups in total. The van der Waals surface area contributed by atoms with E-state index >= 15 is 0 Å². The summed E-state index contributed by atoms with van der Waals surface area (Å²) in [5.74, 6) is -4.31. The second kappa shape index (κ2) is 4.54. The normalized spacial score (nSPS) is 13.9. The first-order chi connectivity index (χ1) is 9.49. The summed E-state index contributed by atoms with van der Waals surface area (Å²) in [6.07, 6.45) is 0.574. The molecule has 0 fully saturated rings. The summed E-state index contributed by atoms with van der Waals surface area (Å²) in [6.45, 7) is 0. The van der Waals surface area contributed by atoms with Gasteiger partial charge in [-0.2, -0.15) is 0 Å². The van der Waals surface area contributed by atoms with Crippen LogP contribution in [0.1, 0.15) is 29.5 Å². The van der Waals surface area contributed by atoms with Crippen LogP contribution in [0.5, 0.6) is 0 Å². The van der Waals surface area contributed by atoms with Crippen LogP contribution < -0.4 is 0 Å². The summed E-state index contributed by atoms with van der Waals surface area (Å²) in [7, 11) is 0. The Morgan fingerprint density at radius 2 is 1.85 bits per heavy atom. The Hall–Kier alpha value is -1.97. The van der Waals surface area contributed by atoms with Gasteiger partial charge in [0.25, 0.3) is 5.92 Å². The van der Waals surface area contributed by atoms with Gasteiger partial charge in [-0.15, -0.1) is 0 Å². The monoisotopic (exact) mass is 276 g/mol. The van der Waals surface area contributed by atoms with Gasteiger partial charge in [-0.25, -0.2) is 8.78 Å². The molecule has 2 aromatic rings. The van der Waals surface area contributed by atoms with Gasteiger partial charge in [0.05, 0.1) is 6.42 Å². The quantitative estimate of drug-likeness (QED) is 0.919. The van der Waals surface area contributed by atoms with Gasteiger partial charge >= 0.3 is 5.97 Å². The highest BCUT2D eigenvalue weighted by Crippen LogP contribution is 2.41. The zero-order valence-corrected chi connectivity index (χ0v) is 10.8. The minimum atomic E-state index is -3.11. The van der Waals surface area contributed by atoms with Crippen molar-refractivity contribution in [3.05, 3.63) is 47.0 Å². The second-order valence-electron chi connectivity index (χ2n) is 5.21. The van der Waals surface area contributed by atoms with Crippen molar-refractivity contribution >= 4 is 16.7 Å². The van der Waals surface area contributed by atoms with E-state index in [1.54, 1.807) is 18.2 Å². The first-order valence-corrected chi connectivity index (χ1v) is 6.62. The molecule has 2 aromatic carbocycles. The van der Waals surface area contributed by atoms with Crippen LogP contribution >= 0.6 is 0 Å². The highest BCUT2D eigenvalue weighted by atomic mass is 19.3. The van der Waals surface area contributed by atoms with Crippen molar-refractivity contribution in [1.29, 1.82) is 0 Å². The summed E-state index contributed by atoms with van der Waals surface area (Å²) < 4.78 is 28.5. The van der Waals surface area contributed by atoms with Crippen LogP contribution in [0.15, 0.2) is 30.3 Å². The standard InChI is InChI=1S/C16H14F2O2/c17-16(18,9-8-14(19)20)13-7-6-11-5-4-10-2-1-3-12(13)15(10)11/h1-3,6-7H,4-5,8-9H2,(H,19,20). The molecule has 3 rings (SSSR count). The molecule has 20 heavy (non-hydrogen) atoms. The van der Waals surface area contributed by atoms with E-state index in [0.717, 1.165) is 29.4 Å². The Morgan fingerprint density at radius 1 is 1.15 bits per heavy atom. The fourth-order valence-electron chi connectivity index (χ4n) is 2.96. The van der Waals surface area contributed by atoms with Gasteiger partial charge in [-0.05, 0) is 34.7 Å². The highest BCUT2D eigenvalue weighted by molar-refractivity contribution is 5.93. The third-order valence-electron chi connectivity index (χ3n) is 3.92. The number of carboxylic acid groups (broad SMARTS) is 1. The van der Waals surface area contributed by atoms with E-state index in [9.17, 15) is 13.6 Å². The topological polar surface area (TPSA) is 37.3 Å². The average molecular weight is 276 g/mol. The molecule has 1 aliphatic rings. The van der Waals surface area contributed by atoms with Gasteiger partial charge in [0, 0.05) is 12.0 Å². The number of halogens is 2. The van der Waals surface area contributed by atoms with Gasteiger partial charge in [0.2, 0.25) is 0 Å². The number of aliphatic carboxylic acids is 1. The van der Waals surface area contributed by atoms with E-state index in [-0.39, 0.29) is 5.56 Å². The SMILES string of the molecule is O=C(O)CCC(F)(F)c1ccc2c3c(cccc13)CC2. The third-order valence-corrected chi connectivity index (χ3v) is 3.92. The molecular formula is C16H14F2O2. The van der Waals surface area contributed by atoms with E-state index in [1.807, 2.05) is 6.07 Å². The van der Waals surface area contributed by atoms with Gasteiger partial charge in [-0.1, -0.05) is 30.3 Å². The summed E-state index contributed by atoms with van der Waals surface area (Å²) in [5, 5.41) is 10.1. The summed E-state index contributed by atoms with van der Waals surface area (Å²) in [4.78, 5) is 10.5. The molecule has 0 saturated heterocycles. The Labute approximate surface area is 115 Å². The summed E-state index contributed by atoms with van der Waals surface area (Å²) >= 11 is 0. The molecule has 0 radical (unpaired) electrons. The number of benzene rings is 2.